The van der Waals surface area contributed by atoms with Gasteiger partial charge in [0.2, 0.25) is 5.91 Å². The monoisotopic (exact) mass is 371 g/mol. The minimum Gasteiger partial charge on any atom is -0.484 e. The number of amides is 2. The molecule has 0 fully saturated rings. The lowest BCUT2D eigenvalue weighted by Crippen LogP contribution is -2.50. The summed E-state index contributed by atoms with van der Waals surface area (Å²) >= 11 is 4.91. The van der Waals surface area contributed by atoms with Crippen LogP contribution in [0.1, 0.15) is 13.8 Å². The van der Waals surface area contributed by atoms with Crippen LogP contribution in [0, 0.1) is 5.92 Å². The molecule has 26 heavy (non-hydrogen) atoms. The molecule has 2 aromatic carbocycles. The molecular weight excluding hydrogens is 350 g/mol. The van der Waals surface area contributed by atoms with E-state index in [-0.39, 0.29) is 23.5 Å². The maximum absolute atomic E-state index is 11.8. The number of benzene rings is 2. The van der Waals surface area contributed by atoms with Crippen molar-refractivity contribution < 1.29 is 14.3 Å². The minimum absolute atomic E-state index is 0.0317. The van der Waals surface area contributed by atoms with Crippen molar-refractivity contribution in [2.24, 2.45) is 5.92 Å². The van der Waals surface area contributed by atoms with Gasteiger partial charge in [0.05, 0.1) is 0 Å². The molecule has 0 bridgehead atoms. The van der Waals surface area contributed by atoms with Crippen LogP contribution in [0.15, 0.2) is 54.6 Å². The highest BCUT2D eigenvalue weighted by Crippen LogP contribution is 2.21. The van der Waals surface area contributed by atoms with Gasteiger partial charge in [-0.1, -0.05) is 56.3 Å². The Bertz CT molecular complexity index is 761. The predicted octanol–water partition coefficient (Wildman–Crippen LogP) is 2.41. The SMILES string of the molecule is CC(C)C(=O)NC(=S)NNC(=O)COc1ccc(-c2ccccc2)cc1. The van der Waals surface area contributed by atoms with Crippen LogP contribution in [-0.4, -0.2) is 23.5 Å². The number of nitrogens with one attached hydrogen (secondary N) is 3. The summed E-state index contributed by atoms with van der Waals surface area (Å²) in [5.74, 6) is -0.270. The molecule has 0 saturated carbocycles. The zero-order valence-electron chi connectivity index (χ0n) is 14.6. The number of thiocarbonyl (C=S) groups is 1. The van der Waals surface area contributed by atoms with Gasteiger partial charge in [-0.25, -0.2) is 0 Å². The van der Waals surface area contributed by atoms with Gasteiger partial charge in [-0.05, 0) is 35.5 Å². The summed E-state index contributed by atoms with van der Waals surface area (Å²) in [7, 11) is 0. The van der Waals surface area contributed by atoms with E-state index >= 15 is 0 Å². The van der Waals surface area contributed by atoms with Gasteiger partial charge in [-0.3, -0.25) is 20.4 Å². The average Bonchev–Trinajstić information content (AvgIpc) is 2.65. The fourth-order valence-corrected chi connectivity index (χ4v) is 2.12. The summed E-state index contributed by atoms with van der Waals surface area (Å²) in [6.45, 7) is 3.30. The van der Waals surface area contributed by atoms with Crippen LogP contribution in [0.2, 0.25) is 0 Å². The first-order valence-corrected chi connectivity index (χ1v) is 8.54. The highest BCUT2D eigenvalue weighted by atomic mass is 32.1. The van der Waals surface area contributed by atoms with Crippen molar-refractivity contribution in [2.75, 3.05) is 6.61 Å². The Morgan fingerprint density at radius 1 is 0.962 bits per heavy atom. The van der Waals surface area contributed by atoms with Crippen LogP contribution < -0.4 is 20.9 Å². The maximum atomic E-state index is 11.8. The molecule has 2 rings (SSSR count). The Morgan fingerprint density at radius 2 is 1.58 bits per heavy atom. The van der Waals surface area contributed by atoms with E-state index in [0.29, 0.717) is 5.75 Å². The molecule has 0 aliphatic carbocycles. The number of rotatable bonds is 5. The molecule has 0 aromatic heterocycles. The highest BCUT2D eigenvalue weighted by molar-refractivity contribution is 7.80. The third-order valence-corrected chi connectivity index (χ3v) is 3.61. The zero-order valence-corrected chi connectivity index (χ0v) is 15.4. The lowest BCUT2D eigenvalue weighted by atomic mass is 10.1. The van der Waals surface area contributed by atoms with Gasteiger partial charge in [0.25, 0.3) is 5.91 Å². The van der Waals surface area contributed by atoms with E-state index in [2.05, 4.69) is 16.2 Å². The van der Waals surface area contributed by atoms with Gasteiger partial charge >= 0.3 is 0 Å². The number of carbonyl (C=O) groups is 2. The lowest BCUT2D eigenvalue weighted by molar-refractivity contribution is -0.124. The normalized spacial score (nSPS) is 10.1. The Balaban J connectivity index is 1.75. The average molecular weight is 371 g/mol. The van der Waals surface area contributed by atoms with Gasteiger partial charge < -0.3 is 10.1 Å². The van der Waals surface area contributed by atoms with Crippen LogP contribution in [0.25, 0.3) is 11.1 Å². The summed E-state index contributed by atoms with van der Waals surface area (Å²) in [5, 5.41) is 2.49. The summed E-state index contributed by atoms with van der Waals surface area (Å²) < 4.78 is 5.43. The quantitative estimate of drug-likeness (QED) is 0.556. The van der Waals surface area contributed by atoms with Crippen LogP contribution >= 0.6 is 12.2 Å². The first kappa shape index (κ1) is 19.4. The molecule has 7 heteroatoms. The van der Waals surface area contributed by atoms with E-state index in [4.69, 9.17) is 17.0 Å². The summed E-state index contributed by atoms with van der Waals surface area (Å²) in [5.41, 5.74) is 6.99. The van der Waals surface area contributed by atoms with E-state index in [0.717, 1.165) is 11.1 Å². The molecule has 6 nitrogen and oxygen atoms in total. The third kappa shape index (κ3) is 6.18. The first-order chi connectivity index (χ1) is 12.5. The molecule has 3 N–H and O–H groups in total. The van der Waals surface area contributed by atoms with Gasteiger partial charge in [0.1, 0.15) is 5.75 Å². The van der Waals surface area contributed by atoms with Crippen molar-refractivity contribution in [1.29, 1.82) is 0 Å². The van der Waals surface area contributed by atoms with Crippen molar-refractivity contribution in [1.82, 2.24) is 16.2 Å². The van der Waals surface area contributed by atoms with E-state index < -0.39 is 5.91 Å². The number of ether oxygens (including phenoxy) is 1. The van der Waals surface area contributed by atoms with Crippen LogP contribution in [-0.2, 0) is 9.59 Å². The predicted molar refractivity (Wildman–Crippen MR) is 104 cm³/mol. The second kappa shape index (κ2) is 9.53. The number of hydrogen-bond donors (Lipinski definition) is 3. The molecule has 136 valence electrons. The number of hydrogen-bond acceptors (Lipinski definition) is 4. The van der Waals surface area contributed by atoms with E-state index in [1.54, 1.807) is 26.0 Å². The van der Waals surface area contributed by atoms with Crippen molar-refractivity contribution in [3.05, 3.63) is 54.6 Å². The molecule has 0 unspecified atom stereocenters. The van der Waals surface area contributed by atoms with E-state index in [9.17, 15) is 9.59 Å². The number of carbonyl (C=O) groups excluding carboxylic acids is 2. The van der Waals surface area contributed by atoms with Crippen LogP contribution in [0.4, 0.5) is 0 Å². The highest BCUT2D eigenvalue weighted by Gasteiger charge is 2.09. The van der Waals surface area contributed by atoms with Gasteiger partial charge in [-0.15, -0.1) is 0 Å². The Kier molecular flexibility index (Phi) is 7.11. The number of hydrazine groups is 1. The van der Waals surface area contributed by atoms with Gasteiger partial charge in [0.15, 0.2) is 11.7 Å². The fourth-order valence-electron chi connectivity index (χ4n) is 1.97. The molecule has 0 spiro atoms. The molecule has 0 heterocycles. The Morgan fingerprint density at radius 3 is 2.19 bits per heavy atom. The van der Waals surface area contributed by atoms with Crippen LogP contribution in [0.5, 0.6) is 5.75 Å². The maximum Gasteiger partial charge on any atom is 0.276 e. The van der Waals surface area contributed by atoms with Crippen molar-refractivity contribution >= 4 is 29.1 Å². The minimum atomic E-state index is -0.418. The standard InChI is InChI=1S/C19H21N3O3S/c1-13(2)18(24)20-19(26)22-21-17(23)12-25-16-10-8-15(9-11-16)14-6-4-3-5-7-14/h3-11,13H,12H2,1-2H3,(H,21,23)(H2,20,22,24,26). The summed E-state index contributed by atoms with van der Waals surface area (Å²) in [4.78, 5) is 23.2. The van der Waals surface area contributed by atoms with Gasteiger partial charge in [-0.2, -0.15) is 0 Å². The smallest absolute Gasteiger partial charge is 0.276 e. The molecule has 0 aliphatic rings. The topological polar surface area (TPSA) is 79.5 Å². The molecule has 2 amide bonds. The lowest BCUT2D eigenvalue weighted by Gasteiger charge is -2.12. The zero-order chi connectivity index (χ0) is 18.9. The van der Waals surface area contributed by atoms with E-state index in [1.165, 1.54) is 0 Å². The largest absolute Gasteiger partial charge is 0.484 e. The second-order valence-electron chi connectivity index (χ2n) is 5.83. The van der Waals surface area contributed by atoms with Crippen LogP contribution in [0.3, 0.4) is 0 Å². The fraction of sp³-hybridized carbons (Fsp3) is 0.211. The molecule has 2 aromatic rings. The third-order valence-electron chi connectivity index (χ3n) is 3.41. The van der Waals surface area contributed by atoms with Gasteiger partial charge in [0, 0.05) is 5.92 Å². The van der Waals surface area contributed by atoms with Crippen molar-refractivity contribution in [3.8, 4) is 16.9 Å². The summed E-state index contributed by atoms with van der Waals surface area (Å²) in [6, 6.07) is 17.4. The Hall–Kier alpha value is -2.93. The molecule has 0 saturated heterocycles. The van der Waals surface area contributed by atoms with E-state index in [1.807, 2.05) is 42.5 Å². The second-order valence-corrected chi connectivity index (χ2v) is 6.23. The first-order valence-electron chi connectivity index (χ1n) is 8.13. The molecular formula is C19H21N3O3S. The summed E-state index contributed by atoms with van der Waals surface area (Å²) in [6.07, 6.45) is 0. The molecule has 0 atom stereocenters. The molecule has 0 aliphatic heterocycles. The van der Waals surface area contributed by atoms with Crippen molar-refractivity contribution in [3.63, 3.8) is 0 Å². The Labute approximate surface area is 157 Å². The molecule has 0 radical (unpaired) electrons. The van der Waals surface area contributed by atoms with Crippen molar-refractivity contribution in [2.45, 2.75) is 13.8 Å².